The Balaban J connectivity index is 1.50. The van der Waals surface area contributed by atoms with Gasteiger partial charge in [-0.15, -0.1) is 11.3 Å². The second-order valence-electron chi connectivity index (χ2n) is 6.25. The van der Waals surface area contributed by atoms with Gasteiger partial charge in [0.25, 0.3) is 0 Å². The van der Waals surface area contributed by atoms with Gasteiger partial charge in [0.15, 0.2) is 0 Å². The molecule has 1 aliphatic rings. The zero-order chi connectivity index (χ0) is 18.6. The van der Waals surface area contributed by atoms with E-state index in [1.165, 1.54) is 21.3 Å². The molecule has 1 saturated heterocycles. The predicted octanol–water partition coefficient (Wildman–Crippen LogP) is 2.65. The Bertz CT molecular complexity index is 828. The minimum Gasteiger partial charge on any atom is -0.355 e. The molecule has 1 aromatic carbocycles. The highest BCUT2D eigenvalue weighted by Gasteiger charge is 2.31. The van der Waals surface area contributed by atoms with Gasteiger partial charge in [-0.2, -0.15) is 4.31 Å². The highest BCUT2D eigenvalue weighted by atomic mass is 32.2. The Morgan fingerprint density at radius 1 is 1.19 bits per heavy atom. The van der Waals surface area contributed by atoms with Crippen molar-refractivity contribution in [3.63, 3.8) is 0 Å². The summed E-state index contributed by atoms with van der Waals surface area (Å²) in [5.74, 6) is -0.653. The Labute approximate surface area is 156 Å². The molecule has 0 bridgehead atoms. The molecule has 1 amide bonds. The van der Waals surface area contributed by atoms with Gasteiger partial charge >= 0.3 is 0 Å². The van der Waals surface area contributed by atoms with Crippen molar-refractivity contribution >= 4 is 27.3 Å². The highest BCUT2D eigenvalue weighted by molar-refractivity contribution is 7.89. The molecule has 0 atom stereocenters. The second-order valence-corrected chi connectivity index (χ2v) is 9.22. The zero-order valence-electron chi connectivity index (χ0n) is 14.2. The number of rotatable bonds is 6. The van der Waals surface area contributed by atoms with E-state index < -0.39 is 15.8 Å². The molecule has 0 spiro atoms. The Hall–Kier alpha value is -1.77. The van der Waals surface area contributed by atoms with Crippen LogP contribution in [0.2, 0.25) is 0 Å². The SMILES string of the molecule is O=C(NCCc1cccs1)C1CCN(S(=O)(=O)c2ccc(F)cc2)CC1. The first-order valence-corrected chi connectivity index (χ1v) is 10.8. The fourth-order valence-corrected chi connectivity index (χ4v) is 5.20. The first-order valence-electron chi connectivity index (χ1n) is 8.52. The van der Waals surface area contributed by atoms with Gasteiger partial charge in [-0.3, -0.25) is 4.79 Å². The second kappa shape index (κ2) is 8.28. The largest absolute Gasteiger partial charge is 0.355 e. The third kappa shape index (κ3) is 4.49. The van der Waals surface area contributed by atoms with Crippen molar-refractivity contribution in [2.45, 2.75) is 24.2 Å². The van der Waals surface area contributed by atoms with Crippen molar-refractivity contribution in [1.29, 1.82) is 0 Å². The summed E-state index contributed by atoms with van der Waals surface area (Å²) in [6, 6.07) is 8.85. The number of nitrogens with zero attached hydrogens (tertiary/aromatic N) is 1. The van der Waals surface area contributed by atoms with Crippen LogP contribution in [0.5, 0.6) is 0 Å². The quantitative estimate of drug-likeness (QED) is 0.816. The molecule has 140 valence electrons. The summed E-state index contributed by atoms with van der Waals surface area (Å²) in [4.78, 5) is 13.6. The van der Waals surface area contributed by atoms with E-state index in [1.54, 1.807) is 11.3 Å². The maximum Gasteiger partial charge on any atom is 0.243 e. The van der Waals surface area contributed by atoms with Crippen LogP contribution in [0.3, 0.4) is 0 Å². The summed E-state index contributed by atoms with van der Waals surface area (Å²) in [6.45, 7) is 1.18. The predicted molar refractivity (Wildman–Crippen MR) is 98.9 cm³/mol. The Kier molecular flexibility index (Phi) is 6.05. The summed E-state index contributed by atoms with van der Waals surface area (Å²) in [5.41, 5.74) is 0. The third-order valence-electron chi connectivity index (χ3n) is 4.53. The maximum atomic E-state index is 13.0. The molecule has 0 aliphatic carbocycles. The number of piperidine rings is 1. The van der Waals surface area contributed by atoms with Crippen LogP contribution < -0.4 is 5.32 Å². The molecule has 2 heterocycles. The fraction of sp³-hybridized carbons (Fsp3) is 0.389. The molecule has 1 aliphatic heterocycles. The van der Waals surface area contributed by atoms with Gasteiger partial charge < -0.3 is 5.32 Å². The minimum absolute atomic E-state index is 0.0135. The van der Waals surface area contributed by atoms with Crippen molar-refractivity contribution in [2.75, 3.05) is 19.6 Å². The molecule has 1 N–H and O–H groups in total. The van der Waals surface area contributed by atoms with Gasteiger partial charge in [0.05, 0.1) is 4.90 Å². The molecule has 0 saturated carbocycles. The standard InChI is InChI=1S/C18H21FN2O3S2/c19-15-3-5-17(6-4-15)26(23,24)21-11-8-14(9-12-21)18(22)20-10-7-16-2-1-13-25-16/h1-6,13-14H,7-12H2,(H,20,22). The van der Waals surface area contributed by atoms with E-state index in [4.69, 9.17) is 0 Å². The lowest BCUT2D eigenvalue weighted by Crippen LogP contribution is -2.43. The van der Waals surface area contributed by atoms with Crippen LogP contribution in [0.15, 0.2) is 46.7 Å². The molecule has 5 nitrogen and oxygen atoms in total. The lowest BCUT2D eigenvalue weighted by molar-refractivity contribution is -0.126. The van der Waals surface area contributed by atoms with E-state index >= 15 is 0 Å². The molecule has 8 heteroatoms. The first-order chi connectivity index (χ1) is 12.5. The number of amides is 1. The van der Waals surface area contributed by atoms with Crippen molar-refractivity contribution < 1.29 is 17.6 Å². The van der Waals surface area contributed by atoms with Crippen molar-refractivity contribution in [2.24, 2.45) is 5.92 Å². The van der Waals surface area contributed by atoms with Gasteiger partial charge in [-0.1, -0.05) is 6.07 Å². The molecule has 1 aromatic heterocycles. The van der Waals surface area contributed by atoms with Crippen molar-refractivity contribution in [3.05, 3.63) is 52.5 Å². The number of benzene rings is 1. The number of sulfonamides is 1. The summed E-state index contributed by atoms with van der Waals surface area (Å²) in [7, 11) is -3.64. The van der Waals surface area contributed by atoms with Crippen LogP contribution in [-0.2, 0) is 21.2 Å². The van der Waals surface area contributed by atoms with Crippen LogP contribution in [0, 0.1) is 11.7 Å². The van der Waals surface area contributed by atoms with Gasteiger partial charge in [0, 0.05) is 30.4 Å². The van der Waals surface area contributed by atoms with Gasteiger partial charge in [0.2, 0.25) is 15.9 Å². The Morgan fingerprint density at radius 3 is 2.50 bits per heavy atom. The van der Waals surface area contributed by atoms with Crippen molar-refractivity contribution in [3.8, 4) is 0 Å². The zero-order valence-corrected chi connectivity index (χ0v) is 15.9. The van der Waals surface area contributed by atoms with E-state index in [-0.39, 0.29) is 16.7 Å². The van der Waals surface area contributed by atoms with Crippen LogP contribution in [0.25, 0.3) is 0 Å². The number of hydrogen-bond donors (Lipinski definition) is 1. The van der Waals surface area contributed by atoms with E-state index in [2.05, 4.69) is 5.32 Å². The lowest BCUT2D eigenvalue weighted by Gasteiger charge is -2.30. The number of carbonyl (C=O) groups excluding carboxylic acids is 1. The smallest absolute Gasteiger partial charge is 0.243 e. The van der Waals surface area contributed by atoms with E-state index in [0.29, 0.717) is 32.5 Å². The van der Waals surface area contributed by atoms with Crippen LogP contribution in [0.1, 0.15) is 17.7 Å². The Morgan fingerprint density at radius 2 is 1.88 bits per heavy atom. The van der Waals surface area contributed by atoms with E-state index in [1.807, 2.05) is 17.5 Å². The lowest BCUT2D eigenvalue weighted by atomic mass is 9.97. The molecule has 0 unspecified atom stereocenters. The monoisotopic (exact) mass is 396 g/mol. The average Bonchev–Trinajstić information content (AvgIpc) is 3.15. The molecule has 26 heavy (non-hydrogen) atoms. The minimum atomic E-state index is -3.64. The number of carbonyl (C=O) groups is 1. The number of halogens is 1. The van der Waals surface area contributed by atoms with Crippen LogP contribution in [0.4, 0.5) is 4.39 Å². The fourth-order valence-electron chi connectivity index (χ4n) is 3.02. The normalized spacial score (nSPS) is 16.5. The number of thiophene rings is 1. The molecule has 0 radical (unpaired) electrons. The first kappa shape index (κ1) is 19.0. The molecule has 1 fully saturated rings. The molecular formula is C18H21FN2O3S2. The van der Waals surface area contributed by atoms with Gasteiger partial charge in [-0.25, -0.2) is 12.8 Å². The third-order valence-corrected chi connectivity index (χ3v) is 7.38. The van der Waals surface area contributed by atoms with Gasteiger partial charge in [0.1, 0.15) is 5.82 Å². The topological polar surface area (TPSA) is 66.5 Å². The maximum absolute atomic E-state index is 13.0. The van der Waals surface area contributed by atoms with E-state index in [0.717, 1.165) is 18.6 Å². The summed E-state index contributed by atoms with van der Waals surface area (Å²) < 4.78 is 39.5. The van der Waals surface area contributed by atoms with Crippen LogP contribution >= 0.6 is 11.3 Å². The highest BCUT2D eigenvalue weighted by Crippen LogP contribution is 2.24. The number of hydrogen-bond acceptors (Lipinski definition) is 4. The van der Waals surface area contributed by atoms with Gasteiger partial charge in [-0.05, 0) is 55.0 Å². The average molecular weight is 397 g/mol. The molecular weight excluding hydrogens is 375 g/mol. The molecule has 3 rings (SSSR count). The summed E-state index contributed by atoms with van der Waals surface area (Å²) in [6.07, 6.45) is 1.79. The van der Waals surface area contributed by atoms with E-state index in [9.17, 15) is 17.6 Å². The summed E-state index contributed by atoms with van der Waals surface area (Å²) in [5, 5.41) is 4.95. The van der Waals surface area contributed by atoms with Crippen LogP contribution in [-0.4, -0.2) is 38.3 Å². The summed E-state index contributed by atoms with van der Waals surface area (Å²) >= 11 is 1.66. The number of nitrogens with one attached hydrogen (secondary N) is 1. The molecule has 2 aromatic rings. The van der Waals surface area contributed by atoms with Crippen molar-refractivity contribution in [1.82, 2.24) is 9.62 Å².